The van der Waals surface area contributed by atoms with E-state index >= 15 is 0 Å². The lowest BCUT2D eigenvalue weighted by atomic mass is 9.76. The zero-order valence-electron chi connectivity index (χ0n) is 12.5. The standard InChI is InChI=1S/C17H25NO3/c19-16(13-8-2-3-9-14(13)17(20)21)18-11-5-7-12-6-1-4-10-15(12)18/h2-3,12-15H,1,4-11H2,(H,20,21)/t12?,13-,14+,15?/m1/s1. The van der Waals surface area contributed by atoms with Gasteiger partial charge >= 0.3 is 5.97 Å². The van der Waals surface area contributed by atoms with Gasteiger partial charge in [-0.05, 0) is 44.4 Å². The van der Waals surface area contributed by atoms with E-state index in [4.69, 9.17) is 0 Å². The van der Waals surface area contributed by atoms with Gasteiger partial charge in [0.25, 0.3) is 0 Å². The van der Waals surface area contributed by atoms with Crippen molar-refractivity contribution in [2.75, 3.05) is 6.54 Å². The van der Waals surface area contributed by atoms with Crippen molar-refractivity contribution >= 4 is 11.9 Å². The topological polar surface area (TPSA) is 57.6 Å². The molecule has 2 unspecified atom stereocenters. The summed E-state index contributed by atoms with van der Waals surface area (Å²) in [6.45, 7) is 0.826. The van der Waals surface area contributed by atoms with Crippen molar-refractivity contribution in [1.29, 1.82) is 0 Å². The summed E-state index contributed by atoms with van der Waals surface area (Å²) < 4.78 is 0. The number of carbonyl (C=O) groups is 2. The molecule has 1 aliphatic heterocycles. The number of carboxylic acids is 1. The first-order chi connectivity index (χ1) is 10.2. The molecule has 0 bridgehead atoms. The molecule has 1 N–H and O–H groups in total. The molecule has 2 fully saturated rings. The van der Waals surface area contributed by atoms with Crippen molar-refractivity contribution in [2.45, 2.75) is 57.4 Å². The van der Waals surface area contributed by atoms with E-state index in [9.17, 15) is 14.7 Å². The van der Waals surface area contributed by atoms with Gasteiger partial charge < -0.3 is 10.0 Å². The Hall–Kier alpha value is -1.32. The molecule has 1 heterocycles. The van der Waals surface area contributed by atoms with Gasteiger partial charge in [0.05, 0.1) is 11.8 Å². The molecule has 0 aromatic rings. The number of amides is 1. The number of hydrogen-bond donors (Lipinski definition) is 1. The van der Waals surface area contributed by atoms with Crippen LogP contribution in [0.25, 0.3) is 0 Å². The predicted molar refractivity (Wildman–Crippen MR) is 79.7 cm³/mol. The molecule has 21 heavy (non-hydrogen) atoms. The third-order valence-electron chi connectivity index (χ3n) is 5.59. The average molecular weight is 291 g/mol. The van der Waals surface area contributed by atoms with E-state index in [0.29, 0.717) is 24.8 Å². The summed E-state index contributed by atoms with van der Waals surface area (Å²) in [7, 11) is 0. The van der Waals surface area contributed by atoms with E-state index in [0.717, 1.165) is 19.4 Å². The highest BCUT2D eigenvalue weighted by Gasteiger charge is 2.41. The molecule has 0 aromatic heterocycles. The van der Waals surface area contributed by atoms with Gasteiger partial charge in [-0.2, -0.15) is 0 Å². The first-order valence-electron chi connectivity index (χ1n) is 8.36. The van der Waals surface area contributed by atoms with Crippen LogP contribution in [0, 0.1) is 17.8 Å². The molecule has 3 aliphatic rings. The lowest BCUT2D eigenvalue weighted by molar-refractivity contribution is -0.153. The van der Waals surface area contributed by atoms with Gasteiger partial charge in [-0.3, -0.25) is 9.59 Å². The minimum atomic E-state index is -0.824. The van der Waals surface area contributed by atoms with Crippen LogP contribution in [-0.4, -0.2) is 34.5 Å². The summed E-state index contributed by atoms with van der Waals surface area (Å²) in [6.07, 6.45) is 12.1. The Morgan fingerprint density at radius 3 is 2.38 bits per heavy atom. The van der Waals surface area contributed by atoms with Gasteiger partial charge in [0.1, 0.15) is 0 Å². The molecule has 0 radical (unpaired) electrons. The van der Waals surface area contributed by atoms with Crippen LogP contribution in [0.1, 0.15) is 51.4 Å². The number of likely N-dealkylation sites (tertiary alicyclic amines) is 1. The minimum absolute atomic E-state index is 0.100. The molecule has 1 saturated heterocycles. The van der Waals surface area contributed by atoms with Crippen LogP contribution in [-0.2, 0) is 9.59 Å². The fourth-order valence-electron chi connectivity index (χ4n) is 4.47. The van der Waals surface area contributed by atoms with Crippen LogP contribution in [0.5, 0.6) is 0 Å². The lowest BCUT2D eigenvalue weighted by Crippen LogP contribution is -2.53. The van der Waals surface area contributed by atoms with Crippen molar-refractivity contribution < 1.29 is 14.7 Å². The summed E-state index contributed by atoms with van der Waals surface area (Å²) in [5.74, 6) is -0.961. The van der Waals surface area contributed by atoms with Crippen molar-refractivity contribution in [3.05, 3.63) is 12.2 Å². The number of carbonyl (C=O) groups excluding carboxylic acids is 1. The smallest absolute Gasteiger partial charge is 0.307 e. The second-order valence-electron chi connectivity index (χ2n) is 6.78. The van der Waals surface area contributed by atoms with Gasteiger partial charge in [0.2, 0.25) is 5.91 Å². The van der Waals surface area contributed by atoms with Crippen LogP contribution in [0.4, 0.5) is 0 Å². The fraction of sp³-hybridized carbons (Fsp3) is 0.765. The number of piperidine rings is 1. The van der Waals surface area contributed by atoms with Crippen molar-refractivity contribution in [3.8, 4) is 0 Å². The second kappa shape index (κ2) is 6.20. The molecule has 1 amide bonds. The summed E-state index contributed by atoms with van der Waals surface area (Å²) in [4.78, 5) is 26.4. The number of allylic oxidation sites excluding steroid dienone is 2. The van der Waals surface area contributed by atoms with Crippen LogP contribution in [0.2, 0.25) is 0 Å². The highest BCUT2D eigenvalue weighted by atomic mass is 16.4. The second-order valence-corrected chi connectivity index (χ2v) is 6.78. The van der Waals surface area contributed by atoms with Crippen LogP contribution < -0.4 is 0 Å². The zero-order valence-corrected chi connectivity index (χ0v) is 12.5. The molecule has 1 saturated carbocycles. The van der Waals surface area contributed by atoms with Crippen LogP contribution >= 0.6 is 0 Å². The summed E-state index contributed by atoms with van der Waals surface area (Å²) in [6, 6.07) is 0.375. The minimum Gasteiger partial charge on any atom is -0.481 e. The van der Waals surface area contributed by atoms with Gasteiger partial charge in [0.15, 0.2) is 0 Å². The summed E-state index contributed by atoms with van der Waals surface area (Å²) in [5.41, 5.74) is 0. The predicted octanol–water partition coefficient (Wildman–Crippen LogP) is 2.83. The Morgan fingerprint density at radius 1 is 0.952 bits per heavy atom. The molecule has 3 rings (SSSR count). The third-order valence-corrected chi connectivity index (χ3v) is 5.59. The Labute approximate surface area is 126 Å². The van der Waals surface area contributed by atoms with Crippen molar-refractivity contribution in [2.24, 2.45) is 17.8 Å². The van der Waals surface area contributed by atoms with E-state index in [2.05, 4.69) is 0 Å². The third kappa shape index (κ3) is 2.85. The Morgan fingerprint density at radius 2 is 1.62 bits per heavy atom. The normalized spacial score (nSPS) is 36.1. The number of rotatable bonds is 2. The van der Waals surface area contributed by atoms with E-state index < -0.39 is 11.9 Å². The summed E-state index contributed by atoms with van der Waals surface area (Å²) in [5, 5.41) is 9.38. The number of nitrogens with zero attached hydrogens (tertiary/aromatic N) is 1. The Balaban J connectivity index is 1.76. The first-order valence-corrected chi connectivity index (χ1v) is 8.36. The number of hydrogen-bond acceptors (Lipinski definition) is 2. The Bertz CT molecular complexity index is 443. The average Bonchev–Trinajstić information content (AvgIpc) is 2.53. The van der Waals surface area contributed by atoms with Crippen molar-refractivity contribution in [3.63, 3.8) is 0 Å². The molecule has 116 valence electrons. The number of fused-ring (bicyclic) bond motifs is 1. The molecular formula is C17H25NO3. The maximum Gasteiger partial charge on any atom is 0.307 e. The largest absolute Gasteiger partial charge is 0.481 e. The molecule has 4 atom stereocenters. The Kier molecular flexibility index (Phi) is 4.32. The highest BCUT2D eigenvalue weighted by Crippen LogP contribution is 2.37. The van der Waals surface area contributed by atoms with E-state index in [1.165, 1.54) is 25.7 Å². The monoisotopic (exact) mass is 291 g/mol. The van der Waals surface area contributed by atoms with Crippen LogP contribution in [0.15, 0.2) is 12.2 Å². The molecule has 0 aromatic carbocycles. The quantitative estimate of drug-likeness (QED) is 0.796. The van der Waals surface area contributed by atoms with E-state index in [1.807, 2.05) is 17.1 Å². The maximum atomic E-state index is 13.0. The number of carboxylic acid groups (broad SMARTS) is 1. The molecule has 2 aliphatic carbocycles. The van der Waals surface area contributed by atoms with Gasteiger partial charge in [0, 0.05) is 12.6 Å². The molecule has 0 spiro atoms. The highest BCUT2D eigenvalue weighted by molar-refractivity contribution is 5.85. The SMILES string of the molecule is O=C(O)[C@H]1CC=CC[C@H]1C(=O)N1CCCC2CCCCC21. The van der Waals surface area contributed by atoms with Crippen molar-refractivity contribution in [1.82, 2.24) is 4.90 Å². The van der Waals surface area contributed by atoms with Gasteiger partial charge in [-0.1, -0.05) is 25.0 Å². The fourth-order valence-corrected chi connectivity index (χ4v) is 4.47. The first kappa shape index (κ1) is 14.6. The van der Waals surface area contributed by atoms with Gasteiger partial charge in [-0.25, -0.2) is 0 Å². The van der Waals surface area contributed by atoms with Gasteiger partial charge in [-0.15, -0.1) is 0 Å². The molecule has 4 heteroatoms. The number of aliphatic carboxylic acids is 1. The van der Waals surface area contributed by atoms with Crippen LogP contribution in [0.3, 0.4) is 0 Å². The van der Waals surface area contributed by atoms with E-state index in [1.54, 1.807) is 0 Å². The molecule has 4 nitrogen and oxygen atoms in total. The maximum absolute atomic E-state index is 13.0. The zero-order chi connectivity index (χ0) is 14.8. The summed E-state index contributed by atoms with van der Waals surface area (Å²) >= 11 is 0. The lowest BCUT2D eigenvalue weighted by Gasteiger charge is -2.46. The van der Waals surface area contributed by atoms with E-state index in [-0.39, 0.29) is 11.8 Å². The molecular weight excluding hydrogens is 266 g/mol.